The molecule has 19 heavy (non-hydrogen) atoms. The Hall–Kier alpha value is -1.11. The third kappa shape index (κ3) is 2.48. The molecule has 0 saturated carbocycles. The van der Waals surface area contributed by atoms with Crippen LogP contribution in [0.25, 0.3) is 11.0 Å². The summed E-state index contributed by atoms with van der Waals surface area (Å²) in [4.78, 5) is 4.65. The molecular weight excluding hydrogens is 300 g/mol. The number of aromatic nitrogens is 4. The number of para-hydroxylation sites is 2. The van der Waals surface area contributed by atoms with Gasteiger partial charge in [0.25, 0.3) is 0 Å². The Morgan fingerprint density at radius 1 is 1.37 bits per heavy atom. The normalized spacial score (nSPS) is 11.3. The SMILES string of the molecule is CCn1c(SCc2nnsc2Cl)nc2ccccc21. The van der Waals surface area contributed by atoms with Gasteiger partial charge in [0.15, 0.2) is 5.16 Å². The Kier molecular flexibility index (Phi) is 3.72. The number of hydrogen-bond donors (Lipinski definition) is 0. The molecule has 0 unspecified atom stereocenters. The van der Waals surface area contributed by atoms with Crippen molar-refractivity contribution in [1.29, 1.82) is 0 Å². The minimum Gasteiger partial charge on any atom is -0.319 e. The van der Waals surface area contributed by atoms with Crippen molar-refractivity contribution in [3.8, 4) is 0 Å². The molecule has 4 nitrogen and oxygen atoms in total. The van der Waals surface area contributed by atoms with Crippen LogP contribution in [0, 0.1) is 0 Å². The second kappa shape index (κ2) is 5.48. The lowest BCUT2D eigenvalue weighted by Crippen LogP contribution is -1.96. The predicted molar refractivity (Wildman–Crippen MR) is 79.9 cm³/mol. The monoisotopic (exact) mass is 310 g/mol. The lowest BCUT2D eigenvalue weighted by atomic mass is 10.3. The van der Waals surface area contributed by atoms with Crippen molar-refractivity contribution in [2.45, 2.75) is 24.4 Å². The molecule has 0 atom stereocenters. The predicted octanol–water partition coefficient (Wildman–Crippen LogP) is 3.85. The van der Waals surface area contributed by atoms with Crippen molar-refractivity contribution in [2.75, 3.05) is 0 Å². The topological polar surface area (TPSA) is 43.6 Å². The Morgan fingerprint density at radius 2 is 2.21 bits per heavy atom. The first-order valence-electron chi connectivity index (χ1n) is 5.84. The number of imidazole rings is 1. The molecule has 0 saturated heterocycles. The van der Waals surface area contributed by atoms with Gasteiger partial charge in [0, 0.05) is 23.8 Å². The third-order valence-corrected chi connectivity index (χ3v) is 4.76. The van der Waals surface area contributed by atoms with Crippen LogP contribution in [-0.2, 0) is 12.3 Å². The van der Waals surface area contributed by atoms with E-state index < -0.39 is 0 Å². The van der Waals surface area contributed by atoms with E-state index in [0.717, 1.165) is 28.4 Å². The van der Waals surface area contributed by atoms with E-state index in [1.54, 1.807) is 11.8 Å². The summed E-state index contributed by atoms with van der Waals surface area (Å²) in [6.45, 7) is 3.02. The molecule has 0 bridgehead atoms. The highest BCUT2D eigenvalue weighted by Crippen LogP contribution is 2.29. The van der Waals surface area contributed by atoms with Crippen LogP contribution in [0.2, 0.25) is 4.34 Å². The van der Waals surface area contributed by atoms with Gasteiger partial charge < -0.3 is 4.57 Å². The first-order chi connectivity index (χ1) is 9.29. The maximum absolute atomic E-state index is 6.01. The highest BCUT2D eigenvalue weighted by molar-refractivity contribution is 7.98. The zero-order valence-electron chi connectivity index (χ0n) is 10.2. The number of rotatable bonds is 4. The van der Waals surface area contributed by atoms with Gasteiger partial charge in [-0.3, -0.25) is 0 Å². The largest absolute Gasteiger partial charge is 0.319 e. The van der Waals surface area contributed by atoms with E-state index in [9.17, 15) is 0 Å². The third-order valence-electron chi connectivity index (χ3n) is 2.78. The van der Waals surface area contributed by atoms with Crippen LogP contribution in [0.15, 0.2) is 29.4 Å². The van der Waals surface area contributed by atoms with E-state index in [4.69, 9.17) is 11.6 Å². The van der Waals surface area contributed by atoms with E-state index in [-0.39, 0.29) is 0 Å². The van der Waals surface area contributed by atoms with Crippen LogP contribution in [0.4, 0.5) is 0 Å². The molecule has 0 aliphatic rings. The molecule has 0 amide bonds. The van der Waals surface area contributed by atoms with Crippen LogP contribution in [0.5, 0.6) is 0 Å². The van der Waals surface area contributed by atoms with Gasteiger partial charge >= 0.3 is 0 Å². The number of benzene rings is 1. The zero-order chi connectivity index (χ0) is 13.2. The number of hydrogen-bond acceptors (Lipinski definition) is 5. The Morgan fingerprint density at radius 3 is 2.95 bits per heavy atom. The highest BCUT2D eigenvalue weighted by Gasteiger charge is 2.12. The van der Waals surface area contributed by atoms with Gasteiger partial charge in [0.05, 0.1) is 11.0 Å². The van der Waals surface area contributed by atoms with E-state index in [1.807, 2.05) is 18.2 Å². The Labute approximate surface area is 124 Å². The van der Waals surface area contributed by atoms with Gasteiger partial charge in [-0.25, -0.2) is 4.98 Å². The summed E-state index contributed by atoms with van der Waals surface area (Å²) in [5.74, 6) is 0.693. The molecule has 0 spiro atoms. The van der Waals surface area contributed by atoms with E-state index in [1.165, 1.54) is 11.5 Å². The lowest BCUT2D eigenvalue weighted by molar-refractivity contribution is 0.702. The average molecular weight is 311 g/mol. The Balaban J connectivity index is 1.90. The van der Waals surface area contributed by atoms with Crippen LogP contribution >= 0.6 is 34.9 Å². The molecule has 2 aromatic heterocycles. The number of halogens is 1. The molecule has 7 heteroatoms. The molecule has 3 aromatic rings. The second-order valence-electron chi connectivity index (χ2n) is 3.91. The van der Waals surface area contributed by atoms with Gasteiger partial charge in [-0.15, -0.1) is 5.10 Å². The molecule has 0 radical (unpaired) electrons. The lowest BCUT2D eigenvalue weighted by Gasteiger charge is -2.04. The van der Waals surface area contributed by atoms with Gasteiger partial charge in [0.1, 0.15) is 10.0 Å². The van der Waals surface area contributed by atoms with Crippen molar-refractivity contribution in [3.63, 3.8) is 0 Å². The van der Waals surface area contributed by atoms with Crippen molar-refractivity contribution < 1.29 is 0 Å². The minimum atomic E-state index is 0.659. The second-order valence-corrected chi connectivity index (χ2v) is 6.21. The van der Waals surface area contributed by atoms with Gasteiger partial charge in [0.2, 0.25) is 0 Å². The van der Waals surface area contributed by atoms with Crippen LogP contribution in [0.1, 0.15) is 12.6 Å². The molecule has 0 fully saturated rings. The fourth-order valence-electron chi connectivity index (χ4n) is 1.89. The highest BCUT2D eigenvalue weighted by atomic mass is 35.5. The van der Waals surface area contributed by atoms with Crippen molar-refractivity contribution in [1.82, 2.24) is 19.1 Å². The van der Waals surface area contributed by atoms with Crippen LogP contribution in [0.3, 0.4) is 0 Å². The van der Waals surface area contributed by atoms with E-state index in [0.29, 0.717) is 10.1 Å². The molecule has 1 aromatic carbocycles. The number of thioether (sulfide) groups is 1. The first-order valence-corrected chi connectivity index (χ1v) is 7.98. The molecule has 0 N–H and O–H groups in total. The maximum atomic E-state index is 6.01. The molecule has 0 aliphatic heterocycles. The molecule has 3 rings (SSSR count). The van der Waals surface area contributed by atoms with Crippen LogP contribution < -0.4 is 0 Å². The zero-order valence-corrected chi connectivity index (χ0v) is 12.6. The van der Waals surface area contributed by atoms with Gasteiger partial charge in [-0.1, -0.05) is 40.0 Å². The molecule has 2 heterocycles. The molecule has 98 valence electrons. The minimum absolute atomic E-state index is 0.659. The summed E-state index contributed by atoms with van der Waals surface area (Å²) in [7, 11) is 0. The van der Waals surface area contributed by atoms with E-state index >= 15 is 0 Å². The van der Waals surface area contributed by atoms with Crippen LogP contribution in [-0.4, -0.2) is 19.1 Å². The summed E-state index contributed by atoms with van der Waals surface area (Å²) >= 11 is 8.87. The quantitative estimate of drug-likeness (QED) is 0.686. The standard InChI is InChI=1S/C12H11ClN4S2/c1-2-17-10-6-4-3-5-8(10)14-12(17)18-7-9-11(13)19-16-15-9/h3-6H,2,7H2,1H3. The average Bonchev–Trinajstić information content (AvgIpc) is 2.99. The van der Waals surface area contributed by atoms with Crippen molar-refractivity contribution in [3.05, 3.63) is 34.3 Å². The molecule has 0 aliphatic carbocycles. The van der Waals surface area contributed by atoms with Crippen molar-refractivity contribution in [2.24, 2.45) is 0 Å². The number of fused-ring (bicyclic) bond motifs is 1. The summed E-state index contributed by atoms with van der Waals surface area (Å²) in [6.07, 6.45) is 0. The summed E-state index contributed by atoms with van der Waals surface area (Å²) < 4.78 is 6.70. The summed E-state index contributed by atoms with van der Waals surface area (Å²) in [5.41, 5.74) is 3.01. The first kappa shape index (κ1) is 12.9. The van der Waals surface area contributed by atoms with Crippen molar-refractivity contribution >= 4 is 45.9 Å². The molecular formula is C12H11ClN4S2. The fourth-order valence-corrected chi connectivity index (χ4v) is 3.70. The van der Waals surface area contributed by atoms with E-state index in [2.05, 4.69) is 32.1 Å². The smallest absolute Gasteiger partial charge is 0.169 e. The van der Waals surface area contributed by atoms with Gasteiger partial charge in [-0.2, -0.15) is 0 Å². The fraction of sp³-hybridized carbons (Fsp3) is 0.250. The Bertz CT molecular complexity index is 707. The summed E-state index contributed by atoms with van der Waals surface area (Å²) in [6, 6.07) is 8.16. The van der Waals surface area contributed by atoms with Gasteiger partial charge in [-0.05, 0) is 19.1 Å². The summed E-state index contributed by atoms with van der Waals surface area (Å²) in [5, 5.41) is 5.01. The number of nitrogens with zero attached hydrogens (tertiary/aromatic N) is 4. The number of aryl methyl sites for hydroxylation is 1. The maximum Gasteiger partial charge on any atom is 0.169 e.